The molecule has 0 radical (unpaired) electrons. The van der Waals surface area contributed by atoms with Crippen LogP contribution in [0.5, 0.6) is 0 Å². The smallest absolute Gasteiger partial charge is 0.146 e. The summed E-state index contributed by atoms with van der Waals surface area (Å²) in [7, 11) is 1.93. The zero-order chi connectivity index (χ0) is 13.0. The van der Waals surface area contributed by atoms with Gasteiger partial charge >= 0.3 is 0 Å². The molecule has 1 aliphatic rings. The molecular weight excluding hydrogens is 253 g/mol. The molecule has 1 aliphatic heterocycles. The van der Waals surface area contributed by atoms with Gasteiger partial charge in [0.15, 0.2) is 0 Å². The second kappa shape index (κ2) is 6.39. The first-order chi connectivity index (χ1) is 8.72. The second-order valence-corrected chi connectivity index (χ2v) is 5.08. The van der Waals surface area contributed by atoms with E-state index >= 15 is 0 Å². The first-order valence-electron chi connectivity index (χ1n) is 6.34. The number of anilines is 1. The molecule has 2 nitrogen and oxygen atoms in total. The van der Waals surface area contributed by atoms with Crippen molar-refractivity contribution in [2.24, 2.45) is 5.92 Å². The Labute approximate surface area is 113 Å². The van der Waals surface area contributed by atoms with Crippen LogP contribution in [0.2, 0.25) is 0 Å². The molecule has 0 saturated carbocycles. The van der Waals surface area contributed by atoms with Crippen molar-refractivity contribution in [3.05, 3.63) is 29.6 Å². The topological polar surface area (TPSA) is 12.5 Å². The average Bonchev–Trinajstić information content (AvgIpc) is 2.39. The van der Waals surface area contributed by atoms with E-state index in [0.717, 1.165) is 38.2 Å². The Morgan fingerprint density at radius 2 is 2.11 bits per heavy atom. The number of para-hydroxylation sites is 1. The number of rotatable bonds is 4. The molecule has 0 spiro atoms. The van der Waals surface area contributed by atoms with Crippen LogP contribution >= 0.6 is 11.6 Å². The van der Waals surface area contributed by atoms with Crippen LogP contribution < -0.4 is 4.90 Å². The van der Waals surface area contributed by atoms with E-state index in [9.17, 15) is 4.39 Å². The highest BCUT2D eigenvalue weighted by Crippen LogP contribution is 2.27. The Balaban J connectivity index is 2.09. The van der Waals surface area contributed by atoms with Gasteiger partial charge in [-0.05, 0) is 30.4 Å². The first-order valence-corrected chi connectivity index (χ1v) is 6.88. The van der Waals surface area contributed by atoms with Gasteiger partial charge in [0.25, 0.3) is 0 Å². The van der Waals surface area contributed by atoms with Gasteiger partial charge in [0.1, 0.15) is 5.82 Å². The highest BCUT2D eigenvalue weighted by molar-refractivity contribution is 6.17. The SMILES string of the molecule is CN(CC1CCOCC1)c1c(F)cccc1CCl. The molecule has 1 saturated heterocycles. The van der Waals surface area contributed by atoms with Gasteiger partial charge in [-0.1, -0.05) is 12.1 Å². The molecule has 18 heavy (non-hydrogen) atoms. The Kier molecular flexibility index (Phi) is 4.84. The summed E-state index contributed by atoms with van der Waals surface area (Å²) in [6, 6.07) is 5.08. The van der Waals surface area contributed by atoms with Crippen LogP contribution in [0.25, 0.3) is 0 Å². The maximum Gasteiger partial charge on any atom is 0.146 e. The van der Waals surface area contributed by atoms with Crippen LogP contribution in [0.3, 0.4) is 0 Å². The average molecular weight is 272 g/mol. The number of halogens is 2. The summed E-state index contributed by atoms with van der Waals surface area (Å²) in [5.41, 5.74) is 1.49. The zero-order valence-electron chi connectivity index (χ0n) is 10.7. The van der Waals surface area contributed by atoms with Crippen molar-refractivity contribution in [3.63, 3.8) is 0 Å². The van der Waals surface area contributed by atoms with Crippen LogP contribution in [-0.2, 0) is 10.6 Å². The lowest BCUT2D eigenvalue weighted by atomic mass is 9.99. The Morgan fingerprint density at radius 3 is 2.78 bits per heavy atom. The first kappa shape index (κ1) is 13.6. The molecule has 0 amide bonds. The Bertz CT molecular complexity index is 393. The number of hydrogen-bond donors (Lipinski definition) is 0. The van der Waals surface area contributed by atoms with E-state index in [4.69, 9.17) is 16.3 Å². The second-order valence-electron chi connectivity index (χ2n) is 4.82. The zero-order valence-corrected chi connectivity index (χ0v) is 11.4. The molecule has 1 aromatic rings. The predicted octanol–water partition coefficient (Wildman–Crippen LogP) is 3.43. The number of hydrogen-bond acceptors (Lipinski definition) is 2. The van der Waals surface area contributed by atoms with E-state index in [0.29, 0.717) is 17.5 Å². The Morgan fingerprint density at radius 1 is 1.39 bits per heavy atom. The minimum Gasteiger partial charge on any atom is -0.381 e. The maximum atomic E-state index is 13.9. The van der Waals surface area contributed by atoms with Crippen LogP contribution in [0.4, 0.5) is 10.1 Å². The summed E-state index contributed by atoms with van der Waals surface area (Å²) >= 11 is 5.88. The minimum absolute atomic E-state index is 0.192. The number of nitrogens with zero attached hydrogens (tertiary/aromatic N) is 1. The van der Waals surface area contributed by atoms with Crippen molar-refractivity contribution in [3.8, 4) is 0 Å². The lowest BCUT2D eigenvalue weighted by Gasteiger charge is -2.29. The van der Waals surface area contributed by atoms with Crippen molar-refractivity contribution in [2.45, 2.75) is 18.7 Å². The molecule has 0 bridgehead atoms. The van der Waals surface area contributed by atoms with E-state index in [2.05, 4.69) is 0 Å². The molecule has 0 aromatic heterocycles. The third kappa shape index (κ3) is 3.15. The molecule has 1 aromatic carbocycles. The number of benzene rings is 1. The fourth-order valence-corrected chi connectivity index (χ4v) is 2.72. The van der Waals surface area contributed by atoms with E-state index in [1.807, 2.05) is 18.0 Å². The number of alkyl halides is 1. The molecular formula is C14H19ClFNO. The standard InChI is InChI=1S/C14H19ClFNO/c1-17(10-11-5-7-18-8-6-11)14-12(9-15)3-2-4-13(14)16/h2-4,11H,5-10H2,1H3. The van der Waals surface area contributed by atoms with Crippen LogP contribution in [0.15, 0.2) is 18.2 Å². The third-order valence-corrected chi connectivity index (χ3v) is 3.76. The van der Waals surface area contributed by atoms with Gasteiger partial charge in [0.2, 0.25) is 0 Å². The van der Waals surface area contributed by atoms with Crippen molar-refractivity contribution < 1.29 is 9.13 Å². The molecule has 1 fully saturated rings. The van der Waals surface area contributed by atoms with E-state index < -0.39 is 0 Å². The molecule has 1 heterocycles. The van der Waals surface area contributed by atoms with Gasteiger partial charge in [0.05, 0.1) is 5.69 Å². The van der Waals surface area contributed by atoms with Crippen molar-refractivity contribution in [1.29, 1.82) is 0 Å². The fraction of sp³-hybridized carbons (Fsp3) is 0.571. The largest absolute Gasteiger partial charge is 0.381 e. The molecule has 0 N–H and O–H groups in total. The quantitative estimate of drug-likeness (QED) is 0.778. The van der Waals surface area contributed by atoms with Gasteiger partial charge in [-0.2, -0.15) is 0 Å². The summed E-state index contributed by atoms with van der Waals surface area (Å²) in [5, 5.41) is 0. The maximum absolute atomic E-state index is 13.9. The molecule has 0 atom stereocenters. The van der Waals surface area contributed by atoms with Gasteiger partial charge in [-0.25, -0.2) is 4.39 Å². The minimum atomic E-state index is -0.192. The highest BCUT2D eigenvalue weighted by Gasteiger charge is 2.19. The fourth-order valence-electron chi connectivity index (χ4n) is 2.50. The lowest BCUT2D eigenvalue weighted by Crippen LogP contribution is -2.30. The van der Waals surface area contributed by atoms with E-state index in [1.54, 1.807) is 6.07 Å². The molecule has 4 heteroatoms. The van der Waals surface area contributed by atoms with Crippen LogP contribution in [-0.4, -0.2) is 26.8 Å². The summed E-state index contributed by atoms with van der Waals surface area (Å²) in [5.74, 6) is 0.722. The summed E-state index contributed by atoms with van der Waals surface area (Å²) < 4.78 is 19.3. The van der Waals surface area contributed by atoms with Crippen LogP contribution in [0.1, 0.15) is 18.4 Å². The lowest BCUT2D eigenvalue weighted by molar-refractivity contribution is 0.0685. The van der Waals surface area contributed by atoms with Gasteiger partial charge in [0, 0.05) is 32.7 Å². The van der Waals surface area contributed by atoms with Gasteiger partial charge in [-0.3, -0.25) is 0 Å². The summed E-state index contributed by atoms with van der Waals surface area (Å²) in [6.07, 6.45) is 2.10. The van der Waals surface area contributed by atoms with Gasteiger partial charge < -0.3 is 9.64 Å². The third-order valence-electron chi connectivity index (χ3n) is 3.47. The molecule has 2 rings (SSSR count). The molecule has 0 aliphatic carbocycles. The highest BCUT2D eigenvalue weighted by atomic mass is 35.5. The van der Waals surface area contributed by atoms with Crippen molar-refractivity contribution in [2.75, 3.05) is 31.7 Å². The monoisotopic (exact) mass is 271 g/mol. The van der Waals surface area contributed by atoms with Crippen molar-refractivity contribution >= 4 is 17.3 Å². The normalized spacial score (nSPS) is 16.8. The predicted molar refractivity (Wildman–Crippen MR) is 72.8 cm³/mol. The van der Waals surface area contributed by atoms with Crippen molar-refractivity contribution in [1.82, 2.24) is 0 Å². The van der Waals surface area contributed by atoms with E-state index in [1.165, 1.54) is 6.07 Å². The van der Waals surface area contributed by atoms with Gasteiger partial charge in [-0.15, -0.1) is 11.6 Å². The van der Waals surface area contributed by atoms with E-state index in [-0.39, 0.29) is 5.82 Å². The summed E-state index contributed by atoms with van der Waals surface area (Å²) in [6.45, 7) is 2.49. The molecule has 0 unspecified atom stereocenters. The summed E-state index contributed by atoms with van der Waals surface area (Å²) in [4.78, 5) is 1.99. The van der Waals surface area contributed by atoms with Crippen LogP contribution in [0, 0.1) is 11.7 Å². The molecule has 100 valence electrons. The Hall–Kier alpha value is -0.800. The number of ether oxygens (including phenoxy) is 1.